The van der Waals surface area contributed by atoms with E-state index in [9.17, 15) is 0 Å². The number of benzene rings is 1. The summed E-state index contributed by atoms with van der Waals surface area (Å²) < 4.78 is 5.54. The second-order valence-corrected chi connectivity index (χ2v) is 8.13. The number of rotatable bonds is 4. The van der Waals surface area contributed by atoms with Crippen LogP contribution in [0.1, 0.15) is 49.3 Å². The van der Waals surface area contributed by atoms with E-state index in [0.29, 0.717) is 5.92 Å². The first-order valence-corrected chi connectivity index (χ1v) is 10.4. The minimum atomic E-state index is 0.557. The van der Waals surface area contributed by atoms with Gasteiger partial charge in [0.1, 0.15) is 0 Å². The third kappa shape index (κ3) is 3.21. The molecule has 5 rings (SSSR count). The molecule has 0 spiro atoms. The van der Waals surface area contributed by atoms with E-state index in [1.54, 1.807) is 0 Å². The fourth-order valence-electron chi connectivity index (χ4n) is 4.60. The molecule has 0 bridgehead atoms. The highest BCUT2D eigenvalue weighted by Gasteiger charge is 2.22. The quantitative estimate of drug-likeness (QED) is 0.834. The van der Waals surface area contributed by atoms with Crippen LogP contribution in [0.25, 0.3) is 10.9 Å². The van der Waals surface area contributed by atoms with Crippen LogP contribution >= 0.6 is 0 Å². The normalized spacial score (nSPS) is 22.1. The van der Waals surface area contributed by atoms with Crippen molar-refractivity contribution < 1.29 is 4.74 Å². The van der Waals surface area contributed by atoms with Gasteiger partial charge in [0.2, 0.25) is 0 Å². The van der Waals surface area contributed by atoms with Crippen molar-refractivity contribution in [1.29, 1.82) is 0 Å². The first kappa shape index (κ1) is 16.5. The average Bonchev–Trinajstić information content (AvgIpc) is 3.14. The Balaban J connectivity index is 1.51. The number of pyridine rings is 1. The van der Waals surface area contributed by atoms with Gasteiger partial charge in [-0.25, -0.2) is 0 Å². The van der Waals surface area contributed by atoms with Crippen LogP contribution < -0.4 is 4.90 Å². The molecule has 0 aliphatic carbocycles. The molecule has 4 heterocycles. The summed E-state index contributed by atoms with van der Waals surface area (Å²) in [4.78, 5) is 10.3. The maximum atomic E-state index is 5.54. The van der Waals surface area contributed by atoms with Gasteiger partial charge >= 0.3 is 0 Å². The van der Waals surface area contributed by atoms with E-state index in [1.165, 1.54) is 73.3 Å². The molecule has 26 heavy (non-hydrogen) atoms. The molecular weight excluding hydrogens is 322 g/mol. The number of likely N-dealkylation sites (tertiary alicyclic amines) is 1. The second kappa shape index (κ2) is 7.16. The van der Waals surface area contributed by atoms with Gasteiger partial charge in [0, 0.05) is 49.8 Å². The van der Waals surface area contributed by atoms with E-state index in [2.05, 4.69) is 34.1 Å². The van der Waals surface area contributed by atoms with Gasteiger partial charge in [-0.05, 0) is 69.0 Å². The van der Waals surface area contributed by atoms with Gasteiger partial charge in [-0.2, -0.15) is 0 Å². The number of anilines is 1. The molecule has 2 aromatic rings. The SMILES string of the molecule is c1cc2cc(CN3CCCC3)cc(N3CCC3)c2nc1C1CCOCC1. The van der Waals surface area contributed by atoms with Gasteiger partial charge in [0.15, 0.2) is 0 Å². The summed E-state index contributed by atoms with van der Waals surface area (Å²) in [5, 5.41) is 1.31. The zero-order valence-electron chi connectivity index (χ0n) is 15.6. The van der Waals surface area contributed by atoms with Crippen molar-refractivity contribution in [2.75, 3.05) is 44.3 Å². The Bertz CT molecular complexity index is 774. The number of hydrogen-bond acceptors (Lipinski definition) is 4. The lowest BCUT2D eigenvalue weighted by molar-refractivity contribution is 0.0846. The first-order valence-electron chi connectivity index (χ1n) is 10.4. The van der Waals surface area contributed by atoms with E-state index >= 15 is 0 Å². The van der Waals surface area contributed by atoms with Crippen molar-refractivity contribution >= 4 is 16.6 Å². The van der Waals surface area contributed by atoms with Gasteiger partial charge in [-0.1, -0.05) is 6.07 Å². The number of ether oxygens (including phenoxy) is 1. The molecule has 3 fully saturated rings. The average molecular weight is 351 g/mol. The second-order valence-electron chi connectivity index (χ2n) is 8.13. The van der Waals surface area contributed by atoms with Crippen LogP contribution in [0.4, 0.5) is 5.69 Å². The van der Waals surface area contributed by atoms with Crippen molar-refractivity contribution in [2.24, 2.45) is 0 Å². The maximum Gasteiger partial charge on any atom is 0.0938 e. The minimum Gasteiger partial charge on any atom is -0.381 e. The van der Waals surface area contributed by atoms with Crippen LogP contribution in [0.2, 0.25) is 0 Å². The van der Waals surface area contributed by atoms with E-state index in [-0.39, 0.29) is 0 Å². The first-order chi connectivity index (χ1) is 12.9. The molecular formula is C22H29N3O. The lowest BCUT2D eigenvalue weighted by Gasteiger charge is -2.34. The highest BCUT2D eigenvalue weighted by Crippen LogP contribution is 2.34. The summed E-state index contributed by atoms with van der Waals surface area (Å²) in [6.45, 7) is 7.67. The predicted octanol–water partition coefficient (Wildman–Crippen LogP) is 3.93. The molecule has 138 valence electrons. The van der Waals surface area contributed by atoms with Gasteiger partial charge in [0.25, 0.3) is 0 Å². The molecule has 3 saturated heterocycles. The molecule has 0 amide bonds. The molecule has 4 heteroatoms. The Morgan fingerprint density at radius 3 is 2.50 bits per heavy atom. The summed E-state index contributed by atoms with van der Waals surface area (Å²) in [5.74, 6) is 0.557. The fourth-order valence-corrected chi connectivity index (χ4v) is 4.60. The van der Waals surface area contributed by atoms with Crippen LogP contribution in [0.3, 0.4) is 0 Å². The monoisotopic (exact) mass is 351 g/mol. The Morgan fingerprint density at radius 2 is 1.77 bits per heavy atom. The highest BCUT2D eigenvalue weighted by atomic mass is 16.5. The van der Waals surface area contributed by atoms with Gasteiger partial charge < -0.3 is 9.64 Å². The topological polar surface area (TPSA) is 28.6 Å². The van der Waals surface area contributed by atoms with Gasteiger partial charge in [-0.15, -0.1) is 0 Å². The smallest absolute Gasteiger partial charge is 0.0938 e. The molecule has 1 aromatic heterocycles. The molecule has 1 aromatic carbocycles. The zero-order valence-corrected chi connectivity index (χ0v) is 15.6. The minimum absolute atomic E-state index is 0.557. The Labute approximate surface area is 156 Å². The van der Waals surface area contributed by atoms with Crippen LogP contribution in [0, 0.1) is 0 Å². The molecule has 0 atom stereocenters. The molecule has 3 aliphatic rings. The van der Waals surface area contributed by atoms with Crippen molar-refractivity contribution in [3.8, 4) is 0 Å². The molecule has 0 saturated carbocycles. The number of aromatic nitrogens is 1. The Morgan fingerprint density at radius 1 is 0.962 bits per heavy atom. The van der Waals surface area contributed by atoms with Gasteiger partial charge in [-0.3, -0.25) is 9.88 Å². The fraction of sp³-hybridized carbons (Fsp3) is 0.591. The molecule has 0 unspecified atom stereocenters. The van der Waals surface area contributed by atoms with Crippen molar-refractivity contribution in [2.45, 2.75) is 44.6 Å². The largest absolute Gasteiger partial charge is 0.381 e. The zero-order chi connectivity index (χ0) is 17.3. The van der Waals surface area contributed by atoms with E-state index in [1.807, 2.05) is 0 Å². The standard InChI is InChI=1S/C22H29N3O/c1-2-9-24(8-1)16-17-14-19-4-5-20(18-6-12-26-13-7-18)23-22(19)21(15-17)25-10-3-11-25/h4-5,14-15,18H,1-3,6-13,16H2. The van der Waals surface area contributed by atoms with Crippen molar-refractivity contribution in [3.63, 3.8) is 0 Å². The maximum absolute atomic E-state index is 5.54. The van der Waals surface area contributed by atoms with E-state index < -0.39 is 0 Å². The molecule has 0 radical (unpaired) electrons. The van der Waals surface area contributed by atoms with E-state index in [4.69, 9.17) is 9.72 Å². The predicted molar refractivity (Wildman–Crippen MR) is 106 cm³/mol. The van der Waals surface area contributed by atoms with E-state index in [0.717, 1.165) is 32.6 Å². The Kier molecular flexibility index (Phi) is 4.55. The van der Waals surface area contributed by atoms with Crippen molar-refractivity contribution in [1.82, 2.24) is 9.88 Å². The summed E-state index contributed by atoms with van der Waals surface area (Å²) in [7, 11) is 0. The number of fused-ring (bicyclic) bond motifs is 1. The van der Waals surface area contributed by atoms with Crippen molar-refractivity contribution in [3.05, 3.63) is 35.5 Å². The van der Waals surface area contributed by atoms with Crippen LogP contribution in [-0.2, 0) is 11.3 Å². The van der Waals surface area contributed by atoms with Crippen LogP contribution in [0.15, 0.2) is 24.3 Å². The van der Waals surface area contributed by atoms with Crippen LogP contribution in [-0.4, -0.2) is 49.3 Å². The Hall–Kier alpha value is -1.65. The molecule has 3 aliphatic heterocycles. The summed E-state index contributed by atoms with van der Waals surface area (Å²) in [6.07, 6.45) is 6.21. The number of hydrogen-bond donors (Lipinski definition) is 0. The van der Waals surface area contributed by atoms with Gasteiger partial charge in [0.05, 0.1) is 11.2 Å². The summed E-state index contributed by atoms with van der Waals surface area (Å²) in [5.41, 5.74) is 5.27. The third-order valence-corrected chi connectivity index (χ3v) is 6.29. The lowest BCUT2D eigenvalue weighted by Crippen LogP contribution is -2.37. The van der Waals surface area contributed by atoms with Crippen LogP contribution in [0.5, 0.6) is 0 Å². The molecule has 4 nitrogen and oxygen atoms in total. The highest BCUT2D eigenvalue weighted by molar-refractivity contribution is 5.92. The summed E-state index contributed by atoms with van der Waals surface area (Å²) >= 11 is 0. The molecule has 0 N–H and O–H groups in total. The number of nitrogens with zero attached hydrogens (tertiary/aromatic N) is 3. The summed E-state index contributed by atoms with van der Waals surface area (Å²) in [6, 6.07) is 9.36. The lowest BCUT2D eigenvalue weighted by atomic mass is 9.95. The third-order valence-electron chi connectivity index (χ3n) is 6.29.